The summed E-state index contributed by atoms with van der Waals surface area (Å²) in [4.78, 5) is 7.43. The van der Waals surface area contributed by atoms with Crippen molar-refractivity contribution in [1.82, 2.24) is 14.5 Å². The molecule has 4 nitrogen and oxygen atoms in total. The molecule has 0 fully saturated rings. The van der Waals surface area contributed by atoms with Crippen molar-refractivity contribution in [3.8, 4) is 6.07 Å². The summed E-state index contributed by atoms with van der Waals surface area (Å²) in [6, 6.07) is 6.26. The molecule has 0 radical (unpaired) electrons. The lowest BCUT2D eigenvalue weighted by atomic mass is 10.1. The van der Waals surface area contributed by atoms with E-state index in [1.807, 2.05) is 22.9 Å². The van der Waals surface area contributed by atoms with Crippen LogP contribution >= 0.6 is 0 Å². The minimum absolute atomic E-state index is 0.118. The Bertz CT molecular complexity index is 778. The number of imidazole rings is 1. The molecule has 0 aliphatic carbocycles. The van der Waals surface area contributed by atoms with Crippen LogP contribution in [-0.2, 0) is 5.54 Å². The van der Waals surface area contributed by atoms with Gasteiger partial charge in [-0.15, -0.1) is 0 Å². The fourth-order valence-corrected chi connectivity index (χ4v) is 2.33. The topological polar surface area (TPSA) is 57.4 Å². The standard InChI is InChI=1S/C14H14N4/c1-14(2,3)18-7-10-9(12(18)6-15)4-5-11-13(10)17-8-16-11/h4-5,7-8H,1-3H3,(H,16,17). The molecule has 0 bridgehead atoms. The first-order chi connectivity index (χ1) is 8.52. The van der Waals surface area contributed by atoms with E-state index in [0.717, 1.165) is 21.8 Å². The summed E-state index contributed by atoms with van der Waals surface area (Å²) in [5, 5.41) is 11.4. The first-order valence-electron chi connectivity index (χ1n) is 5.90. The van der Waals surface area contributed by atoms with Crippen LogP contribution in [0.4, 0.5) is 0 Å². The van der Waals surface area contributed by atoms with E-state index in [1.54, 1.807) is 6.33 Å². The van der Waals surface area contributed by atoms with Gasteiger partial charge in [0.25, 0.3) is 0 Å². The van der Waals surface area contributed by atoms with Gasteiger partial charge in [-0.05, 0) is 32.9 Å². The van der Waals surface area contributed by atoms with Crippen LogP contribution in [0.3, 0.4) is 0 Å². The van der Waals surface area contributed by atoms with Crippen LogP contribution in [0.5, 0.6) is 0 Å². The zero-order valence-corrected chi connectivity index (χ0v) is 10.7. The molecule has 2 heterocycles. The van der Waals surface area contributed by atoms with E-state index in [9.17, 15) is 5.26 Å². The number of benzene rings is 1. The van der Waals surface area contributed by atoms with Crippen LogP contribution in [0.15, 0.2) is 24.7 Å². The molecule has 0 atom stereocenters. The van der Waals surface area contributed by atoms with E-state index < -0.39 is 0 Å². The largest absolute Gasteiger partial charge is 0.345 e. The normalized spacial score (nSPS) is 12.1. The van der Waals surface area contributed by atoms with Gasteiger partial charge in [-0.2, -0.15) is 5.26 Å². The first-order valence-corrected chi connectivity index (χ1v) is 5.90. The number of rotatable bonds is 0. The van der Waals surface area contributed by atoms with Gasteiger partial charge in [0, 0.05) is 22.5 Å². The first kappa shape index (κ1) is 10.8. The molecular weight excluding hydrogens is 224 g/mol. The molecular formula is C14H14N4. The maximum Gasteiger partial charge on any atom is 0.128 e. The van der Waals surface area contributed by atoms with Gasteiger partial charge >= 0.3 is 0 Å². The molecule has 3 rings (SSSR count). The van der Waals surface area contributed by atoms with Crippen molar-refractivity contribution >= 4 is 21.8 Å². The van der Waals surface area contributed by atoms with Gasteiger partial charge in [0.2, 0.25) is 0 Å². The third-order valence-corrected chi connectivity index (χ3v) is 3.21. The van der Waals surface area contributed by atoms with E-state index in [-0.39, 0.29) is 5.54 Å². The predicted molar refractivity (Wildman–Crippen MR) is 71.3 cm³/mol. The van der Waals surface area contributed by atoms with Crippen molar-refractivity contribution in [3.63, 3.8) is 0 Å². The average molecular weight is 238 g/mol. The van der Waals surface area contributed by atoms with Gasteiger partial charge in [0.05, 0.1) is 17.4 Å². The van der Waals surface area contributed by atoms with Gasteiger partial charge in [-0.25, -0.2) is 4.98 Å². The van der Waals surface area contributed by atoms with Gasteiger partial charge in [0.15, 0.2) is 0 Å². The monoisotopic (exact) mass is 238 g/mol. The molecule has 0 aliphatic rings. The lowest BCUT2D eigenvalue weighted by Crippen LogP contribution is -2.22. The molecule has 1 N–H and O–H groups in total. The van der Waals surface area contributed by atoms with E-state index in [0.29, 0.717) is 5.69 Å². The highest BCUT2D eigenvalue weighted by Crippen LogP contribution is 2.30. The maximum absolute atomic E-state index is 9.39. The van der Waals surface area contributed by atoms with Gasteiger partial charge in [-0.1, -0.05) is 0 Å². The predicted octanol–water partition coefficient (Wildman–Crippen LogP) is 3.14. The van der Waals surface area contributed by atoms with Crippen LogP contribution in [0.2, 0.25) is 0 Å². The molecule has 0 amide bonds. The summed E-state index contributed by atoms with van der Waals surface area (Å²) in [6.07, 6.45) is 3.71. The fourth-order valence-electron chi connectivity index (χ4n) is 2.33. The number of H-pyrrole nitrogens is 1. The summed E-state index contributed by atoms with van der Waals surface area (Å²) in [7, 11) is 0. The van der Waals surface area contributed by atoms with Gasteiger partial charge in [0.1, 0.15) is 11.8 Å². The van der Waals surface area contributed by atoms with Crippen LogP contribution in [0, 0.1) is 11.3 Å². The van der Waals surface area contributed by atoms with Crippen molar-refractivity contribution in [1.29, 1.82) is 5.26 Å². The third kappa shape index (κ3) is 1.34. The number of hydrogen-bond donors (Lipinski definition) is 1. The quantitative estimate of drug-likeness (QED) is 0.654. The van der Waals surface area contributed by atoms with E-state index >= 15 is 0 Å². The van der Waals surface area contributed by atoms with Crippen molar-refractivity contribution in [2.24, 2.45) is 0 Å². The number of aromatic nitrogens is 3. The second kappa shape index (κ2) is 3.36. The number of aromatic amines is 1. The van der Waals surface area contributed by atoms with Crippen molar-refractivity contribution in [3.05, 3.63) is 30.4 Å². The summed E-state index contributed by atoms with van der Waals surface area (Å²) in [6.45, 7) is 6.28. The molecule has 0 saturated heterocycles. The fraction of sp³-hybridized carbons (Fsp3) is 0.286. The maximum atomic E-state index is 9.39. The van der Waals surface area contributed by atoms with Crippen LogP contribution in [0.25, 0.3) is 21.8 Å². The van der Waals surface area contributed by atoms with Crippen LogP contribution < -0.4 is 0 Å². The molecule has 0 aliphatic heterocycles. The van der Waals surface area contributed by atoms with Crippen LogP contribution in [0.1, 0.15) is 26.5 Å². The Kier molecular flexibility index (Phi) is 2.02. The SMILES string of the molecule is CC(C)(C)n1cc2c(ccc3[nH]cnc32)c1C#N. The van der Waals surface area contributed by atoms with Gasteiger partial charge < -0.3 is 9.55 Å². The Morgan fingerprint density at radius 3 is 2.72 bits per heavy atom. The third-order valence-electron chi connectivity index (χ3n) is 3.21. The number of fused-ring (bicyclic) bond motifs is 3. The second-order valence-corrected chi connectivity index (χ2v) is 5.46. The molecule has 3 aromatic rings. The molecule has 90 valence electrons. The smallest absolute Gasteiger partial charge is 0.128 e. The van der Waals surface area contributed by atoms with Crippen molar-refractivity contribution < 1.29 is 0 Å². The average Bonchev–Trinajstić information content (AvgIpc) is 2.90. The summed E-state index contributed by atoms with van der Waals surface area (Å²) in [5.74, 6) is 0. The van der Waals surface area contributed by atoms with E-state index in [4.69, 9.17) is 0 Å². The van der Waals surface area contributed by atoms with Crippen LogP contribution in [-0.4, -0.2) is 14.5 Å². The number of hydrogen-bond acceptors (Lipinski definition) is 2. The lowest BCUT2D eigenvalue weighted by molar-refractivity contribution is 0.396. The lowest BCUT2D eigenvalue weighted by Gasteiger charge is -2.22. The van der Waals surface area contributed by atoms with E-state index in [1.165, 1.54) is 0 Å². The van der Waals surface area contributed by atoms with E-state index in [2.05, 4.69) is 36.8 Å². The molecule has 0 unspecified atom stereocenters. The zero-order chi connectivity index (χ0) is 12.9. The highest BCUT2D eigenvalue weighted by molar-refractivity contribution is 6.06. The Morgan fingerprint density at radius 1 is 1.28 bits per heavy atom. The Morgan fingerprint density at radius 2 is 2.06 bits per heavy atom. The minimum Gasteiger partial charge on any atom is -0.345 e. The Balaban J connectivity index is 2.50. The molecule has 2 aromatic heterocycles. The highest BCUT2D eigenvalue weighted by atomic mass is 15.0. The molecule has 0 saturated carbocycles. The highest BCUT2D eigenvalue weighted by Gasteiger charge is 2.20. The molecule has 4 heteroatoms. The summed E-state index contributed by atoms with van der Waals surface area (Å²) in [5.41, 5.74) is 2.50. The second-order valence-electron chi connectivity index (χ2n) is 5.46. The van der Waals surface area contributed by atoms with Crippen molar-refractivity contribution in [2.45, 2.75) is 26.3 Å². The summed E-state index contributed by atoms with van der Waals surface area (Å²) < 4.78 is 2.02. The van der Waals surface area contributed by atoms with Gasteiger partial charge in [-0.3, -0.25) is 0 Å². The number of nitriles is 1. The molecule has 18 heavy (non-hydrogen) atoms. The minimum atomic E-state index is -0.118. The summed E-state index contributed by atoms with van der Waals surface area (Å²) >= 11 is 0. The van der Waals surface area contributed by atoms with Crippen molar-refractivity contribution in [2.75, 3.05) is 0 Å². The molecule has 1 aromatic carbocycles. The Hall–Kier alpha value is -2.28. The number of nitrogens with zero attached hydrogens (tertiary/aromatic N) is 3. The zero-order valence-electron chi connectivity index (χ0n) is 10.7. The number of nitrogens with one attached hydrogen (secondary N) is 1. The Labute approximate surface area is 105 Å². The molecule has 0 spiro atoms.